The number of nitrogens with two attached hydrogens (primary N) is 1. The lowest BCUT2D eigenvalue weighted by atomic mass is 9.89. The Morgan fingerprint density at radius 1 is 1.93 bits per heavy atom. The molecule has 0 amide bonds. The number of carboxylic acid groups (broad SMARTS) is 1. The van der Waals surface area contributed by atoms with Gasteiger partial charge in [-0.15, -0.1) is 24.4 Å². The molecule has 14 heavy (non-hydrogen) atoms. The second kappa shape index (κ2) is 3.67. The van der Waals surface area contributed by atoms with Crippen molar-refractivity contribution in [1.29, 1.82) is 0 Å². The quantitative estimate of drug-likeness (QED) is 0.547. The lowest BCUT2D eigenvalue weighted by Crippen LogP contribution is -2.66. The van der Waals surface area contributed by atoms with E-state index in [9.17, 15) is 4.79 Å². The van der Waals surface area contributed by atoms with Crippen molar-refractivity contribution in [2.45, 2.75) is 30.7 Å². The van der Waals surface area contributed by atoms with E-state index in [1.807, 2.05) is 0 Å². The number of aliphatic carboxylic acids is 1. The standard InChI is InChI=1S/C8H14N2O2S2/c1-3-8(9,6(11)12)7(2)10-5(13)4-14-7/h4,10,13H,3,9H2,1-2H3,(H,11,12)/t7?,8-/m0/s1. The monoisotopic (exact) mass is 234 g/mol. The molecule has 0 saturated carbocycles. The number of rotatable bonds is 3. The van der Waals surface area contributed by atoms with E-state index < -0.39 is 16.4 Å². The molecule has 1 unspecified atom stereocenters. The van der Waals surface area contributed by atoms with Gasteiger partial charge in [0, 0.05) is 5.41 Å². The molecule has 2 atom stereocenters. The third-order valence-corrected chi connectivity index (χ3v) is 4.27. The molecule has 4 nitrogen and oxygen atoms in total. The Morgan fingerprint density at radius 2 is 2.50 bits per heavy atom. The van der Waals surface area contributed by atoms with Crippen molar-refractivity contribution < 1.29 is 9.90 Å². The summed E-state index contributed by atoms with van der Waals surface area (Å²) in [5, 5.41) is 14.5. The topological polar surface area (TPSA) is 75.4 Å². The minimum absolute atomic E-state index is 0.355. The van der Waals surface area contributed by atoms with E-state index in [0.29, 0.717) is 11.4 Å². The molecule has 0 radical (unpaired) electrons. The zero-order valence-electron chi connectivity index (χ0n) is 8.07. The van der Waals surface area contributed by atoms with Crippen LogP contribution < -0.4 is 11.1 Å². The number of carbonyl (C=O) groups is 1. The molecule has 0 spiro atoms. The minimum atomic E-state index is -1.29. The van der Waals surface area contributed by atoms with E-state index in [-0.39, 0.29) is 0 Å². The largest absolute Gasteiger partial charge is 0.480 e. The van der Waals surface area contributed by atoms with Gasteiger partial charge in [-0.3, -0.25) is 4.79 Å². The van der Waals surface area contributed by atoms with E-state index in [4.69, 9.17) is 10.8 Å². The highest BCUT2D eigenvalue weighted by Crippen LogP contribution is 2.41. The summed E-state index contributed by atoms with van der Waals surface area (Å²) in [7, 11) is 0. The highest BCUT2D eigenvalue weighted by Gasteiger charge is 2.52. The third kappa shape index (κ3) is 1.62. The smallest absolute Gasteiger partial charge is 0.327 e. The summed E-state index contributed by atoms with van der Waals surface area (Å²) in [4.78, 5) is 10.4. The summed E-state index contributed by atoms with van der Waals surface area (Å²) in [6.07, 6.45) is 0.355. The second-order valence-electron chi connectivity index (χ2n) is 3.41. The predicted octanol–water partition coefficient (Wildman–Crippen LogP) is 0.960. The van der Waals surface area contributed by atoms with Gasteiger partial charge in [-0.05, 0) is 13.3 Å². The zero-order chi connectivity index (χ0) is 11.0. The van der Waals surface area contributed by atoms with Gasteiger partial charge >= 0.3 is 5.97 Å². The van der Waals surface area contributed by atoms with Crippen LogP contribution in [0, 0.1) is 0 Å². The van der Waals surface area contributed by atoms with Crippen LogP contribution >= 0.6 is 24.4 Å². The van der Waals surface area contributed by atoms with Crippen LogP contribution in [-0.2, 0) is 4.79 Å². The van der Waals surface area contributed by atoms with Crippen LogP contribution in [0.1, 0.15) is 20.3 Å². The average molecular weight is 234 g/mol. The first-order valence-electron chi connectivity index (χ1n) is 4.23. The first-order valence-corrected chi connectivity index (χ1v) is 5.56. The van der Waals surface area contributed by atoms with Crippen molar-refractivity contribution in [3.63, 3.8) is 0 Å². The number of thioether (sulfide) groups is 1. The normalized spacial score (nSPS) is 30.4. The first-order chi connectivity index (χ1) is 6.35. The van der Waals surface area contributed by atoms with Gasteiger partial charge in [0.1, 0.15) is 10.4 Å². The molecular weight excluding hydrogens is 220 g/mol. The molecule has 0 aliphatic carbocycles. The van der Waals surface area contributed by atoms with E-state index in [0.717, 1.165) is 0 Å². The number of nitrogens with one attached hydrogen (secondary N) is 1. The van der Waals surface area contributed by atoms with Gasteiger partial charge in [-0.2, -0.15) is 0 Å². The molecule has 0 saturated heterocycles. The first kappa shape index (κ1) is 11.7. The average Bonchev–Trinajstić information content (AvgIpc) is 2.45. The highest BCUT2D eigenvalue weighted by atomic mass is 32.2. The fourth-order valence-corrected chi connectivity index (χ4v) is 2.86. The number of carboxylic acids is 1. The highest BCUT2D eigenvalue weighted by molar-refractivity contribution is 8.04. The molecule has 1 heterocycles. The minimum Gasteiger partial charge on any atom is -0.480 e. The van der Waals surface area contributed by atoms with Crippen LogP contribution in [0.15, 0.2) is 10.4 Å². The maximum atomic E-state index is 11.1. The molecule has 1 aliphatic rings. The van der Waals surface area contributed by atoms with Crippen LogP contribution in [0.5, 0.6) is 0 Å². The van der Waals surface area contributed by atoms with Crippen LogP contribution in [0.4, 0.5) is 0 Å². The van der Waals surface area contributed by atoms with Gasteiger partial charge < -0.3 is 16.2 Å². The van der Waals surface area contributed by atoms with Crippen LogP contribution in [0.2, 0.25) is 0 Å². The summed E-state index contributed by atoms with van der Waals surface area (Å²) < 4.78 is 0. The van der Waals surface area contributed by atoms with E-state index >= 15 is 0 Å². The number of hydrogen-bond acceptors (Lipinski definition) is 5. The molecule has 1 rings (SSSR count). The Balaban J connectivity index is 2.97. The molecule has 4 N–H and O–H groups in total. The molecule has 0 aromatic rings. The Kier molecular flexibility index (Phi) is 3.08. The molecular formula is C8H14N2O2S2. The maximum absolute atomic E-state index is 11.1. The maximum Gasteiger partial charge on any atom is 0.327 e. The van der Waals surface area contributed by atoms with Crippen LogP contribution in [0.25, 0.3) is 0 Å². The lowest BCUT2D eigenvalue weighted by Gasteiger charge is -2.39. The molecule has 0 aromatic carbocycles. The van der Waals surface area contributed by atoms with Gasteiger partial charge in [-0.1, -0.05) is 6.92 Å². The SMILES string of the molecule is CC[C@](N)(C(=O)O)C1(C)NC(S)=CS1. The summed E-state index contributed by atoms with van der Waals surface area (Å²) in [5.41, 5.74) is 4.60. The van der Waals surface area contributed by atoms with Crippen molar-refractivity contribution in [2.75, 3.05) is 0 Å². The Bertz CT molecular complexity index is 295. The van der Waals surface area contributed by atoms with E-state index in [1.165, 1.54) is 11.8 Å². The van der Waals surface area contributed by atoms with Crippen molar-refractivity contribution in [1.82, 2.24) is 5.32 Å². The third-order valence-electron chi connectivity index (χ3n) is 2.56. The fraction of sp³-hybridized carbons (Fsp3) is 0.625. The Hall–Kier alpha value is -0.330. The van der Waals surface area contributed by atoms with Gasteiger partial charge in [0.25, 0.3) is 0 Å². The van der Waals surface area contributed by atoms with Gasteiger partial charge in [0.15, 0.2) is 0 Å². The molecule has 0 fully saturated rings. The van der Waals surface area contributed by atoms with E-state index in [2.05, 4.69) is 17.9 Å². The predicted molar refractivity (Wildman–Crippen MR) is 61.0 cm³/mol. The van der Waals surface area contributed by atoms with Crippen molar-refractivity contribution in [3.05, 3.63) is 10.4 Å². The van der Waals surface area contributed by atoms with Crippen molar-refractivity contribution in [3.8, 4) is 0 Å². The molecule has 0 aromatic heterocycles. The zero-order valence-corrected chi connectivity index (χ0v) is 9.78. The molecule has 0 bridgehead atoms. The van der Waals surface area contributed by atoms with Crippen molar-refractivity contribution >= 4 is 30.4 Å². The number of hydrogen-bond donors (Lipinski definition) is 4. The van der Waals surface area contributed by atoms with Gasteiger partial charge in [-0.25, -0.2) is 0 Å². The lowest BCUT2D eigenvalue weighted by molar-refractivity contribution is -0.145. The summed E-state index contributed by atoms with van der Waals surface area (Å²) in [6.45, 7) is 3.53. The Labute approximate surface area is 92.7 Å². The summed E-state index contributed by atoms with van der Waals surface area (Å²) in [5.74, 6) is -1.00. The molecule has 1 aliphatic heterocycles. The number of thiol groups is 1. The van der Waals surface area contributed by atoms with Crippen molar-refractivity contribution in [2.24, 2.45) is 5.73 Å². The molecule has 6 heteroatoms. The van der Waals surface area contributed by atoms with Crippen LogP contribution in [0.3, 0.4) is 0 Å². The summed E-state index contributed by atoms with van der Waals surface area (Å²) in [6, 6.07) is 0. The van der Waals surface area contributed by atoms with Crippen LogP contribution in [-0.4, -0.2) is 21.5 Å². The van der Waals surface area contributed by atoms with E-state index in [1.54, 1.807) is 19.3 Å². The Morgan fingerprint density at radius 3 is 2.79 bits per heavy atom. The fourth-order valence-electron chi connectivity index (χ4n) is 1.39. The summed E-state index contributed by atoms with van der Waals surface area (Å²) >= 11 is 5.48. The molecule has 80 valence electrons. The van der Waals surface area contributed by atoms with Gasteiger partial charge in [0.05, 0.1) is 5.03 Å². The second-order valence-corrected chi connectivity index (χ2v) is 5.18. The van der Waals surface area contributed by atoms with Gasteiger partial charge in [0.2, 0.25) is 0 Å².